The van der Waals surface area contributed by atoms with Crippen LogP contribution in [-0.2, 0) is 6.42 Å². The number of thiazole rings is 1. The molecule has 1 aliphatic rings. The van der Waals surface area contributed by atoms with Crippen LogP contribution < -0.4 is 5.32 Å². The molecule has 3 rings (SSSR count). The molecule has 0 aliphatic heterocycles. The van der Waals surface area contributed by atoms with E-state index < -0.39 is 0 Å². The lowest BCUT2D eigenvalue weighted by molar-refractivity contribution is 0.265. The summed E-state index contributed by atoms with van der Waals surface area (Å²) < 4.78 is 0. The van der Waals surface area contributed by atoms with Gasteiger partial charge in [0.05, 0.1) is 10.7 Å². The van der Waals surface area contributed by atoms with Crippen LogP contribution in [0.4, 0.5) is 0 Å². The molecule has 0 bridgehead atoms. The van der Waals surface area contributed by atoms with Gasteiger partial charge in [0.15, 0.2) is 0 Å². The van der Waals surface area contributed by atoms with Gasteiger partial charge in [-0.05, 0) is 37.4 Å². The average molecular weight is 308 g/mol. The fraction of sp³-hybridized carbons (Fsp3) is 0.467. The summed E-state index contributed by atoms with van der Waals surface area (Å²) in [5.41, 5.74) is 2.27. The van der Waals surface area contributed by atoms with Gasteiger partial charge < -0.3 is 5.32 Å². The smallest absolute Gasteiger partial charge is 0.143 e. The third-order valence-electron chi connectivity index (χ3n) is 3.76. The maximum Gasteiger partial charge on any atom is 0.143 e. The van der Waals surface area contributed by atoms with Gasteiger partial charge in [-0.1, -0.05) is 25.4 Å². The van der Waals surface area contributed by atoms with Crippen LogP contribution in [0.3, 0.4) is 0 Å². The van der Waals surface area contributed by atoms with E-state index in [1.807, 2.05) is 19.2 Å². The molecule has 1 unspecified atom stereocenters. The minimum absolute atomic E-state index is 0.278. The van der Waals surface area contributed by atoms with Gasteiger partial charge in [0, 0.05) is 17.1 Å². The van der Waals surface area contributed by atoms with Gasteiger partial charge in [-0.2, -0.15) is 0 Å². The van der Waals surface area contributed by atoms with Crippen LogP contribution in [0.1, 0.15) is 36.9 Å². The zero-order chi connectivity index (χ0) is 14.3. The summed E-state index contributed by atoms with van der Waals surface area (Å²) in [5, 5.41) is 5.01. The topological polar surface area (TPSA) is 37.8 Å². The van der Waals surface area contributed by atoms with Gasteiger partial charge in [0.1, 0.15) is 10.7 Å². The molecule has 0 radical (unpaired) electrons. The van der Waals surface area contributed by atoms with E-state index in [9.17, 15) is 0 Å². The second-order valence-corrected chi connectivity index (χ2v) is 7.49. The zero-order valence-electron chi connectivity index (χ0n) is 11.9. The number of hydrogen-bond donors (Lipinski definition) is 1. The van der Waals surface area contributed by atoms with E-state index in [1.54, 1.807) is 17.5 Å². The second-order valence-electron chi connectivity index (χ2n) is 6.05. The van der Waals surface area contributed by atoms with Gasteiger partial charge >= 0.3 is 0 Å². The van der Waals surface area contributed by atoms with Gasteiger partial charge in [0.2, 0.25) is 0 Å². The Morgan fingerprint density at radius 3 is 2.95 bits per heavy atom. The monoisotopic (exact) mass is 307 g/mol. The molecule has 1 N–H and O–H groups in total. The van der Waals surface area contributed by atoms with Crippen molar-refractivity contribution in [2.75, 3.05) is 7.05 Å². The SMILES string of the molecule is CNC1CC(C)(C)Cc2nc(-c3ncccc3Cl)sc21. The van der Waals surface area contributed by atoms with Crippen molar-refractivity contribution in [2.45, 2.75) is 32.7 Å². The summed E-state index contributed by atoms with van der Waals surface area (Å²) in [6, 6.07) is 4.09. The zero-order valence-corrected chi connectivity index (χ0v) is 13.5. The minimum Gasteiger partial charge on any atom is -0.312 e. The predicted octanol–water partition coefficient (Wildman–Crippen LogP) is 4.09. The normalized spacial score (nSPS) is 20.7. The Bertz CT molecular complexity index is 636. The van der Waals surface area contributed by atoms with E-state index in [-0.39, 0.29) is 5.41 Å². The summed E-state index contributed by atoms with van der Waals surface area (Å²) in [4.78, 5) is 10.5. The van der Waals surface area contributed by atoms with Crippen molar-refractivity contribution in [1.29, 1.82) is 0 Å². The van der Waals surface area contributed by atoms with E-state index in [0.717, 1.165) is 23.5 Å². The first-order valence-corrected chi connectivity index (χ1v) is 7.97. The van der Waals surface area contributed by atoms with Crippen molar-refractivity contribution in [3.05, 3.63) is 33.9 Å². The van der Waals surface area contributed by atoms with Gasteiger partial charge in [0.25, 0.3) is 0 Å². The molecule has 0 saturated carbocycles. The molecule has 20 heavy (non-hydrogen) atoms. The van der Waals surface area contributed by atoms with Crippen molar-refractivity contribution in [3.63, 3.8) is 0 Å². The Hall–Kier alpha value is -0.970. The second kappa shape index (κ2) is 5.10. The van der Waals surface area contributed by atoms with E-state index in [2.05, 4.69) is 24.1 Å². The van der Waals surface area contributed by atoms with Gasteiger partial charge in [-0.15, -0.1) is 11.3 Å². The molecule has 2 heterocycles. The van der Waals surface area contributed by atoms with Crippen LogP contribution in [0.15, 0.2) is 18.3 Å². The minimum atomic E-state index is 0.278. The van der Waals surface area contributed by atoms with Crippen LogP contribution in [0.25, 0.3) is 10.7 Å². The first-order valence-electron chi connectivity index (χ1n) is 6.78. The number of nitrogens with zero attached hydrogens (tertiary/aromatic N) is 2. The number of hydrogen-bond acceptors (Lipinski definition) is 4. The number of nitrogens with one attached hydrogen (secondary N) is 1. The molecule has 0 spiro atoms. The third kappa shape index (κ3) is 2.48. The predicted molar refractivity (Wildman–Crippen MR) is 84.3 cm³/mol. The lowest BCUT2D eigenvalue weighted by atomic mass is 9.76. The van der Waals surface area contributed by atoms with Crippen LogP contribution in [-0.4, -0.2) is 17.0 Å². The Morgan fingerprint density at radius 1 is 1.45 bits per heavy atom. The third-order valence-corrected chi connectivity index (χ3v) is 5.28. The van der Waals surface area contributed by atoms with Crippen LogP contribution in [0, 0.1) is 5.41 Å². The standard InChI is InChI=1S/C15H18ClN3S/c1-15(2)7-10(17-3)13-11(8-15)19-14(20-13)12-9(16)5-4-6-18-12/h4-6,10,17H,7-8H2,1-3H3. The summed E-state index contributed by atoms with van der Waals surface area (Å²) >= 11 is 7.95. The Balaban J connectivity index is 2.07. The molecule has 1 aliphatic carbocycles. The maximum absolute atomic E-state index is 6.24. The fourth-order valence-electron chi connectivity index (χ4n) is 2.81. The van der Waals surface area contributed by atoms with Crippen molar-refractivity contribution >= 4 is 22.9 Å². The van der Waals surface area contributed by atoms with E-state index in [1.165, 1.54) is 10.6 Å². The summed E-state index contributed by atoms with van der Waals surface area (Å²) in [6.45, 7) is 4.60. The molecule has 1 atom stereocenters. The molecule has 0 amide bonds. The van der Waals surface area contributed by atoms with E-state index >= 15 is 0 Å². The molecule has 5 heteroatoms. The van der Waals surface area contributed by atoms with Gasteiger partial charge in [-0.3, -0.25) is 4.98 Å². The Morgan fingerprint density at radius 2 is 2.25 bits per heavy atom. The molecule has 0 fully saturated rings. The molecular formula is C15H18ClN3S. The molecule has 2 aromatic rings. The molecule has 0 aromatic carbocycles. The van der Waals surface area contributed by atoms with Crippen LogP contribution >= 0.6 is 22.9 Å². The molecule has 3 nitrogen and oxygen atoms in total. The highest BCUT2D eigenvalue weighted by atomic mass is 35.5. The summed E-state index contributed by atoms with van der Waals surface area (Å²) in [7, 11) is 2.02. The molecule has 0 saturated heterocycles. The van der Waals surface area contributed by atoms with E-state index in [4.69, 9.17) is 16.6 Å². The Labute approximate surface area is 128 Å². The maximum atomic E-state index is 6.24. The van der Waals surface area contributed by atoms with Gasteiger partial charge in [-0.25, -0.2) is 4.98 Å². The van der Waals surface area contributed by atoms with Crippen molar-refractivity contribution < 1.29 is 0 Å². The summed E-state index contributed by atoms with van der Waals surface area (Å²) in [6.07, 6.45) is 3.91. The lowest BCUT2D eigenvalue weighted by Gasteiger charge is -2.34. The van der Waals surface area contributed by atoms with Crippen LogP contribution in [0.5, 0.6) is 0 Å². The molecule has 106 valence electrons. The summed E-state index contributed by atoms with van der Waals surface area (Å²) in [5.74, 6) is 0. The molecule has 2 aromatic heterocycles. The highest BCUT2D eigenvalue weighted by Gasteiger charge is 2.34. The fourth-order valence-corrected chi connectivity index (χ4v) is 4.28. The number of rotatable bonds is 2. The van der Waals surface area contributed by atoms with Crippen molar-refractivity contribution in [2.24, 2.45) is 5.41 Å². The number of aromatic nitrogens is 2. The molecular weight excluding hydrogens is 290 g/mol. The number of halogens is 1. The van der Waals surface area contributed by atoms with Crippen LogP contribution in [0.2, 0.25) is 5.02 Å². The average Bonchev–Trinajstić information content (AvgIpc) is 2.80. The number of fused-ring (bicyclic) bond motifs is 1. The van der Waals surface area contributed by atoms with E-state index in [0.29, 0.717) is 11.1 Å². The first kappa shape index (κ1) is 14.0. The highest BCUT2D eigenvalue weighted by Crippen LogP contribution is 2.44. The largest absolute Gasteiger partial charge is 0.312 e. The quantitative estimate of drug-likeness (QED) is 0.908. The number of pyridine rings is 1. The first-order chi connectivity index (χ1) is 9.50. The Kier molecular flexibility index (Phi) is 3.56. The highest BCUT2D eigenvalue weighted by molar-refractivity contribution is 7.15. The van der Waals surface area contributed by atoms with Crippen molar-refractivity contribution in [1.82, 2.24) is 15.3 Å². The van der Waals surface area contributed by atoms with Crippen molar-refractivity contribution in [3.8, 4) is 10.7 Å². The lowest BCUT2D eigenvalue weighted by Crippen LogP contribution is -2.30.